The summed E-state index contributed by atoms with van der Waals surface area (Å²) in [4.78, 5) is 19.6. The summed E-state index contributed by atoms with van der Waals surface area (Å²) >= 11 is 0. The normalized spacial score (nSPS) is 17.4. The van der Waals surface area contributed by atoms with E-state index in [4.69, 9.17) is 0 Å². The van der Waals surface area contributed by atoms with Crippen molar-refractivity contribution in [1.82, 2.24) is 0 Å². The zero-order chi connectivity index (χ0) is 14.3. The number of carbonyl (C=O) groups excluding carboxylic acids is 1. The van der Waals surface area contributed by atoms with Crippen molar-refractivity contribution in [2.45, 2.75) is 4.90 Å². The second-order valence-electron chi connectivity index (χ2n) is 4.08. The molecule has 0 saturated carbocycles. The number of hydrogen-bond donors (Lipinski definition) is 0. The fourth-order valence-electron chi connectivity index (χ4n) is 1.78. The number of hydrogen-bond acceptors (Lipinski definition) is 7. The van der Waals surface area contributed by atoms with E-state index in [1.807, 2.05) is 0 Å². The maximum Gasteiger partial charge on any atom is 0.303 e. The molecule has 20 heavy (non-hydrogen) atoms. The molecule has 0 unspecified atom stereocenters. The van der Waals surface area contributed by atoms with E-state index >= 15 is 0 Å². The van der Waals surface area contributed by atoms with Crippen LogP contribution in [0.2, 0.25) is 0 Å². The van der Waals surface area contributed by atoms with Crippen molar-refractivity contribution in [3.05, 3.63) is 29.8 Å². The minimum absolute atomic E-state index is 0.00850. The highest BCUT2D eigenvalue weighted by molar-refractivity contribution is 7.90. The van der Waals surface area contributed by atoms with Crippen molar-refractivity contribution >= 4 is 33.1 Å². The Bertz CT molecular complexity index is 849. The van der Waals surface area contributed by atoms with Crippen LogP contribution in [0.4, 0.5) is 0 Å². The van der Waals surface area contributed by atoms with Crippen LogP contribution in [-0.2, 0) is 14.6 Å². The number of carbonyl (C=O) groups is 1. The molecule has 0 bridgehead atoms. The van der Waals surface area contributed by atoms with Crippen LogP contribution in [0.5, 0.6) is 0 Å². The number of fused-ring (bicyclic) bond motifs is 1. The van der Waals surface area contributed by atoms with Gasteiger partial charge in [-0.2, -0.15) is 4.99 Å². The second-order valence-corrected chi connectivity index (χ2v) is 6.07. The molecule has 0 aliphatic carbocycles. The lowest BCUT2D eigenvalue weighted by atomic mass is 10.2. The van der Waals surface area contributed by atoms with Gasteiger partial charge >= 0.3 is 5.91 Å². The predicted octanol–water partition coefficient (Wildman–Crippen LogP) is 0.597. The van der Waals surface area contributed by atoms with Crippen molar-refractivity contribution in [3.8, 4) is 0 Å². The Morgan fingerprint density at radius 2 is 1.80 bits per heavy atom. The predicted molar refractivity (Wildman–Crippen MR) is 70.8 cm³/mol. The Balaban J connectivity index is 2.19. The van der Waals surface area contributed by atoms with Crippen LogP contribution in [-0.4, -0.2) is 38.0 Å². The Labute approximate surface area is 113 Å². The summed E-state index contributed by atoms with van der Waals surface area (Å²) in [5.41, 5.74) is 0.211. The van der Waals surface area contributed by atoms with Crippen LogP contribution in [0.25, 0.3) is 0 Å². The maximum atomic E-state index is 11.8. The number of benzene rings is 1. The van der Waals surface area contributed by atoms with Gasteiger partial charge in [0.05, 0.1) is 4.90 Å². The van der Waals surface area contributed by atoms with Crippen molar-refractivity contribution in [2.24, 2.45) is 25.4 Å². The third-order valence-corrected chi connectivity index (χ3v) is 3.80. The van der Waals surface area contributed by atoms with Crippen LogP contribution < -0.4 is 0 Å². The Hall–Kier alpha value is -2.55. The molecule has 1 amide bonds. The lowest BCUT2D eigenvalue weighted by Crippen LogP contribution is -2.26. The van der Waals surface area contributed by atoms with Gasteiger partial charge in [0, 0.05) is 11.8 Å². The van der Waals surface area contributed by atoms with Crippen LogP contribution in [0, 0.1) is 0 Å². The van der Waals surface area contributed by atoms with Crippen LogP contribution in [0.3, 0.4) is 0 Å². The molecule has 9 heteroatoms. The topological polar surface area (TPSA) is 113 Å². The highest BCUT2D eigenvalue weighted by atomic mass is 32.2. The van der Waals surface area contributed by atoms with Gasteiger partial charge in [0.15, 0.2) is 15.7 Å². The maximum absolute atomic E-state index is 11.8. The van der Waals surface area contributed by atoms with E-state index < -0.39 is 15.7 Å². The first-order valence-electron chi connectivity index (χ1n) is 5.47. The molecule has 2 heterocycles. The van der Waals surface area contributed by atoms with Gasteiger partial charge in [-0.25, -0.2) is 13.4 Å². The first kappa shape index (κ1) is 12.5. The average molecular weight is 289 g/mol. The Kier molecular flexibility index (Phi) is 2.64. The number of amidine groups is 2. The van der Waals surface area contributed by atoms with Crippen molar-refractivity contribution in [2.75, 3.05) is 6.26 Å². The smallest absolute Gasteiger partial charge is 0.265 e. The molecule has 2 aliphatic heterocycles. The fraction of sp³-hybridized carbons (Fsp3) is 0.0909. The van der Waals surface area contributed by atoms with Gasteiger partial charge in [-0.05, 0) is 17.4 Å². The molecular formula is C11H7N5O3S. The van der Waals surface area contributed by atoms with E-state index in [0.29, 0.717) is 0 Å². The number of aliphatic imine (C=N–C) groups is 2. The molecule has 3 rings (SSSR count). The van der Waals surface area contributed by atoms with Gasteiger partial charge in [0.1, 0.15) is 0 Å². The molecule has 100 valence electrons. The molecule has 1 aromatic carbocycles. The summed E-state index contributed by atoms with van der Waals surface area (Å²) in [5, 5.41) is 10.5. The molecule has 0 radical (unpaired) electrons. The quantitative estimate of drug-likeness (QED) is 0.794. The summed E-state index contributed by atoms with van der Waals surface area (Å²) in [6.45, 7) is 0. The largest absolute Gasteiger partial charge is 0.303 e. The van der Waals surface area contributed by atoms with Crippen molar-refractivity contribution < 1.29 is 13.2 Å². The summed E-state index contributed by atoms with van der Waals surface area (Å²) in [6, 6.07) is 6.18. The third kappa shape index (κ3) is 1.97. The molecule has 0 fully saturated rings. The average Bonchev–Trinajstić information content (AvgIpc) is 2.86. The molecular weight excluding hydrogens is 282 g/mol. The zero-order valence-electron chi connectivity index (χ0n) is 10.2. The van der Waals surface area contributed by atoms with Gasteiger partial charge in [0.25, 0.3) is 0 Å². The fourth-order valence-corrected chi connectivity index (χ4v) is 2.67. The van der Waals surface area contributed by atoms with Crippen LogP contribution in [0.1, 0.15) is 5.56 Å². The number of nitrogens with zero attached hydrogens (tertiary/aromatic N) is 5. The minimum Gasteiger partial charge on any atom is -0.265 e. The summed E-state index contributed by atoms with van der Waals surface area (Å²) < 4.78 is 23.5. The lowest BCUT2D eigenvalue weighted by Gasteiger charge is -2.10. The van der Waals surface area contributed by atoms with E-state index in [1.165, 1.54) is 12.1 Å². The summed E-state index contributed by atoms with van der Waals surface area (Å²) in [7, 11) is -3.47. The first-order chi connectivity index (χ1) is 9.47. The van der Waals surface area contributed by atoms with E-state index in [0.717, 1.165) is 6.26 Å². The van der Waals surface area contributed by atoms with Crippen molar-refractivity contribution in [1.29, 1.82) is 0 Å². The Morgan fingerprint density at radius 1 is 1.05 bits per heavy atom. The molecule has 0 spiro atoms. The minimum atomic E-state index is -3.47. The lowest BCUT2D eigenvalue weighted by molar-refractivity contribution is -0.111. The van der Waals surface area contributed by atoms with Crippen molar-refractivity contribution in [3.63, 3.8) is 0 Å². The van der Waals surface area contributed by atoms with E-state index in [-0.39, 0.29) is 27.8 Å². The van der Waals surface area contributed by atoms with Crippen LogP contribution in [0.15, 0.2) is 54.6 Å². The third-order valence-electron chi connectivity index (χ3n) is 2.65. The highest BCUT2D eigenvalue weighted by Gasteiger charge is 2.29. The molecule has 8 nitrogen and oxygen atoms in total. The second kappa shape index (κ2) is 4.23. The molecule has 0 atom stereocenters. The number of rotatable bonds is 2. The number of amides is 1. The standard InChI is InChI=1S/C11H7N5O3S/c1-20(18,19)7-5-3-2-4-6(7)9-12-10-8(11(17)13-9)14-16-15-10/h2-5H,1H3. The van der Waals surface area contributed by atoms with E-state index in [2.05, 4.69) is 25.4 Å². The van der Waals surface area contributed by atoms with Crippen LogP contribution >= 0.6 is 0 Å². The zero-order valence-corrected chi connectivity index (χ0v) is 11.0. The molecule has 0 N–H and O–H groups in total. The molecule has 2 aliphatic rings. The van der Waals surface area contributed by atoms with E-state index in [1.54, 1.807) is 12.1 Å². The van der Waals surface area contributed by atoms with E-state index in [9.17, 15) is 13.2 Å². The SMILES string of the molecule is CS(=O)(=O)c1ccccc1C1=NC(=O)C2=NN=NC2=N1. The van der Waals surface area contributed by atoms with Gasteiger partial charge in [0.2, 0.25) is 11.5 Å². The number of sulfone groups is 1. The van der Waals surface area contributed by atoms with Gasteiger partial charge in [-0.3, -0.25) is 4.79 Å². The van der Waals surface area contributed by atoms with Gasteiger partial charge in [-0.15, -0.1) is 10.2 Å². The van der Waals surface area contributed by atoms with Gasteiger partial charge in [-0.1, -0.05) is 12.1 Å². The molecule has 0 saturated heterocycles. The highest BCUT2D eigenvalue weighted by Crippen LogP contribution is 2.19. The van der Waals surface area contributed by atoms with Gasteiger partial charge < -0.3 is 0 Å². The monoisotopic (exact) mass is 289 g/mol. The summed E-state index contributed by atoms with van der Waals surface area (Å²) in [6.07, 6.45) is 1.08. The summed E-state index contributed by atoms with van der Waals surface area (Å²) in [5.74, 6) is -0.604. The first-order valence-corrected chi connectivity index (χ1v) is 7.36. The molecule has 0 aromatic heterocycles. The Morgan fingerprint density at radius 3 is 2.55 bits per heavy atom. The molecule has 1 aromatic rings.